The largest absolute Gasteiger partial charge is 0.477 e. The van der Waals surface area contributed by atoms with E-state index in [0.29, 0.717) is 0 Å². The number of carboxylic acid groups (broad SMARTS) is 1. The van der Waals surface area contributed by atoms with Gasteiger partial charge >= 0.3 is 5.97 Å². The summed E-state index contributed by atoms with van der Waals surface area (Å²) in [4.78, 5) is 16.0. The molecule has 0 aliphatic heterocycles. The highest BCUT2D eigenvalue weighted by atomic mass is 32.2. The SMILES string of the molecule is CCS(=O)(=O)c1ncc(C(=O)O)[nH]1. The molecule has 0 atom stereocenters. The van der Waals surface area contributed by atoms with E-state index in [4.69, 9.17) is 5.11 Å². The van der Waals surface area contributed by atoms with Gasteiger partial charge in [-0.3, -0.25) is 0 Å². The minimum atomic E-state index is -3.44. The quantitative estimate of drug-likeness (QED) is 0.716. The van der Waals surface area contributed by atoms with Crippen molar-refractivity contribution in [1.29, 1.82) is 0 Å². The van der Waals surface area contributed by atoms with Crippen molar-refractivity contribution in [3.05, 3.63) is 11.9 Å². The maximum atomic E-state index is 11.2. The molecule has 0 aromatic carbocycles. The van der Waals surface area contributed by atoms with E-state index in [-0.39, 0.29) is 16.6 Å². The van der Waals surface area contributed by atoms with Crippen LogP contribution in [-0.2, 0) is 9.84 Å². The lowest BCUT2D eigenvalue weighted by Gasteiger charge is -1.93. The Labute approximate surface area is 74.5 Å². The first-order valence-corrected chi connectivity index (χ1v) is 5.13. The van der Waals surface area contributed by atoms with Gasteiger partial charge in [0.2, 0.25) is 15.0 Å². The lowest BCUT2D eigenvalue weighted by Crippen LogP contribution is -2.06. The van der Waals surface area contributed by atoms with Crippen molar-refractivity contribution in [2.45, 2.75) is 12.1 Å². The molecule has 72 valence electrons. The Morgan fingerprint density at radius 2 is 2.31 bits per heavy atom. The molecule has 7 heteroatoms. The van der Waals surface area contributed by atoms with Gasteiger partial charge in [-0.25, -0.2) is 18.2 Å². The summed E-state index contributed by atoms with van der Waals surface area (Å²) in [6.45, 7) is 1.46. The number of carbonyl (C=O) groups is 1. The molecule has 0 unspecified atom stereocenters. The van der Waals surface area contributed by atoms with E-state index in [0.717, 1.165) is 6.20 Å². The Morgan fingerprint density at radius 3 is 2.69 bits per heavy atom. The van der Waals surface area contributed by atoms with Crippen LogP contribution in [0.4, 0.5) is 0 Å². The fourth-order valence-corrected chi connectivity index (χ4v) is 1.46. The highest BCUT2D eigenvalue weighted by Gasteiger charge is 2.17. The Hall–Kier alpha value is -1.37. The predicted molar refractivity (Wildman–Crippen MR) is 43.3 cm³/mol. The number of hydrogen-bond donors (Lipinski definition) is 2. The summed E-state index contributed by atoms with van der Waals surface area (Å²) in [5, 5.41) is 8.17. The summed E-state index contributed by atoms with van der Waals surface area (Å²) < 4.78 is 22.3. The Kier molecular flexibility index (Phi) is 2.37. The zero-order chi connectivity index (χ0) is 10.1. The van der Waals surface area contributed by atoms with Gasteiger partial charge in [0.05, 0.1) is 11.9 Å². The average Bonchev–Trinajstić information content (AvgIpc) is 2.52. The van der Waals surface area contributed by atoms with Gasteiger partial charge in [0.25, 0.3) is 0 Å². The number of carboxylic acids is 1. The fourth-order valence-electron chi connectivity index (χ4n) is 0.706. The number of H-pyrrole nitrogens is 1. The molecule has 13 heavy (non-hydrogen) atoms. The van der Waals surface area contributed by atoms with Crippen LogP contribution in [-0.4, -0.2) is 35.2 Å². The summed E-state index contributed by atoms with van der Waals surface area (Å²) in [6, 6.07) is 0. The van der Waals surface area contributed by atoms with E-state index in [1.54, 1.807) is 0 Å². The molecule has 0 saturated carbocycles. The molecule has 1 heterocycles. The van der Waals surface area contributed by atoms with Gasteiger partial charge in [-0.2, -0.15) is 0 Å². The molecule has 2 N–H and O–H groups in total. The van der Waals surface area contributed by atoms with Crippen molar-refractivity contribution < 1.29 is 18.3 Å². The minimum Gasteiger partial charge on any atom is -0.477 e. The summed E-state index contributed by atoms with van der Waals surface area (Å²) in [5.74, 6) is -1.34. The second-order valence-corrected chi connectivity index (χ2v) is 4.50. The maximum Gasteiger partial charge on any atom is 0.353 e. The smallest absolute Gasteiger partial charge is 0.353 e. The summed E-state index contributed by atoms with van der Waals surface area (Å²) in [5.41, 5.74) is -0.230. The van der Waals surface area contributed by atoms with Gasteiger partial charge in [0, 0.05) is 0 Å². The van der Waals surface area contributed by atoms with E-state index in [1.165, 1.54) is 6.92 Å². The number of nitrogens with one attached hydrogen (secondary N) is 1. The minimum absolute atomic E-state index is 0.112. The van der Waals surface area contributed by atoms with Crippen molar-refractivity contribution in [3.63, 3.8) is 0 Å². The lowest BCUT2D eigenvalue weighted by atomic mass is 10.5. The van der Waals surface area contributed by atoms with Gasteiger partial charge in [-0.05, 0) is 0 Å². The molecule has 0 spiro atoms. The number of hydrogen-bond acceptors (Lipinski definition) is 4. The van der Waals surface area contributed by atoms with Gasteiger partial charge in [-0.15, -0.1) is 0 Å². The molecule has 0 aliphatic carbocycles. The first-order chi connectivity index (χ1) is 5.97. The molecule has 1 rings (SSSR count). The Balaban J connectivity index is 3.13. The van der Waals surface area contributed by atoms with Crippen LogP contribution in [0, 0.1) is 0 Å². The molecule has 0 amide bonds. The number of aromatic carboxylic acids is 1. The maximum absolute atomic E-state index is 11.2. The standard InChI is InChI=1S/C6H8N2O4S/c1-2-13(11,12)6-7-3-4(8-6)5(9)10/h3H,2H2,1H3,(H,7,8)(H,9,10). The van der Waals surface area contributed by atoms with E-state index < -0.39 is 15.8 Å². The topological polar surface area (TPSA) is 100 Å². The van der Waals surface area contributed by atoms with Gasteiger partial charge in [0.1, 0.15) is 5.69 Å². The van der Waals surface area contributed by atoms with Crippen molar-refractivity contribution in [2.24, 2.45) is 0 Å². The van der Waals surface area contributed by atoms with E-state index in [1.807, 2.05) is 0 Å². The molecule has 1 aromatic rings. The lowest BCUT2D eigenvalue weighted by molar-refractivity contribution is 0.0690. The van der Waals surface area contributed by atoms with E-state index >= 15 is 0 Å². The fraction of sp³-hybridized carbons (Fsp3) is 0.333. The molecule has 1 aromatic heterocycles. The average molecular weight is 204 g/mol. The normalized spacial score (nSPS) is 11.5. The summed E-state index contributed by atoms with van der Waals surface area (Å²) in [7, 11) is -3.44. The van der Waals surface area contributed by atoms with Crippen LogP contribution in [0.2, 0.25) is 0 Å². The van der Waals surface area contributed by atoms with Crippen LogP contribution in [0.3, 0.4) is 0 Å². The molecule has 6 nitrogen and oxygen atoms in total. The predicted octanol–water partition coefficient (Wildman–Crippen LogP) is -0.0985. The first kappa shape index (κ1) is 9.72. The third kappa shape index (κ3) is 1.86. The Morgan fingerprint density at radius 1 is 1.69 bits per heavy atom. The molecule has 0 radical (unpaired) electrons. The van der Waals surface area contributed by atoms with Gasteiger partial charge < -0.3 is 10.1 Å². The number of sulfone groups is 1. The number of nitrogens with zero attached hydrogens (tertiary/aromatic N) is 1. The number of imidazole rings is 1. The third-order valence-corrected chi connectivity index (χ3v) is 3.01. The van der Waals surface area contributed by atoms with Crippen LogP contribution < -0.4 is 0 Å². The second-order valence-electron chi connectivity index (χ2n) is 2.31. The van der Waals surface area contributed by atoms with Crippen LogP contribution >= 0.6 is 0 Å². The Bertz CT molecular complexity index is 420. The van der Waals surface area contributed by atoms with E-state index in [9.17, 15) is 13.2 Å². The zero-order valence-electron chi connectivity index (χ0n) is 6.81. The van der Waals surface area contributed by atoms with E-state index in [2.05, 4.69) is 9.97 Å². The second kappa shape index (κ2) is 3.17. The third-order valence-electron chi connectivity index (χ3n) is 1.46. The molecular formula is C6H8N2O4S. The van der Waals surface area contributed by atoms with Crippen LogP contribution in [0.15, 0.2) is 11.4 Å². The van der Waals surface area contributed by atoms with Gasteiger partial charge in [0.15, 0.2) is 0 Å². The summed E-state index contributed by atoms with van der Waals surface area (Å²) in [6.07, 6.45) is 0.977. The number of aromatic amines is 1. The highest BCUT2D eigenvalue weighted by molar-refractivity contribution is 7.91. The van der Waals surface area contributed by atoms with Crippen molar-refractivity contribution >= 4 is 15.8 Å². The number of rotatable bonds is 3. The van der Waals surface area contributed by atoms with Crippen molar-refractivity contribution in [2.75, 3.05) is 5.75 Å². The number of aromatic nitrogens is 2. The molecule has 0 saturated heterocycles. The van der Waals surface area contributed by atoms with Gasteiger partial charge in [-0.1, -0.05) is 6.92 Å². The molecular weight excluding hydrogens is 196 g/mol. The molecule has 0 fully saturated rings. The zero-order valence-corrected chi connectivity index (χ0v) is 7.63. The van der Waals surface area contributed by atoms with Crippen molar-refractivity contribution in [1.82, 2.24) is 9.97 Å². The molecule has 0 aliphatic rings. The molecule has 0 bridgehead atoms. The first-order valence-electron chi connectivity index (χ1n) is 3.48. The van der Waals surface area contributed by atoms with Crippen LogP contribution in [0.25, 0.3) is 0 Å². The van der Waals surface area contributed by atoms with Crippen LogP contribution in [0.5, 0.6) is 0 Å². The monoisotopic (exact) mass is 204 g/mol. The van der Waals surface area contributed by atoms with Crippen LogP contribution in [0.1, 0.15) is 17.4 Å². The van der Waals surface area contributed by atoms with Crippen molar-refractivity contribution in [3.8, 4) is 0 Å². The summed E-state index contributed by atoms with van der Waals surface area (Å²) >= 11 is 0. The highest BCUT2D eigenvalue weighted by Crippen LogP contribution is 2.05.